The van der Waals surface area contributed by atoms with Crippen LogP contribution in [0.4, 0.5) is 5.82 Å². The summed E-state index contributed by atoms with van der Waals surface area (Å²) in [5.41, 5.74) is 4.26. The summed E-state index contributed by atoms with van der Waals surface area (Å²) >= 11 is 3.21. The topological polar surface area (TPSA) is 89.3 Å². The lowest BCUT2D eigenvalue weighted by Gasteiger charge is -2.23. The van der Waals surface area contributed by atoms with Crippen molar-refractivity contribution in [3.63, 3.8) is 0 Å². The van der Waals surface area contributed by atoms with Gasteiger partial charge >= 0.3 is 0 Å². The van der Waals surface area contributed by atoms with Crippen molar-refractivity contribution in [2.45, 2.75) is 11.8 Å². The van der Waals surface area contributed by atoms with Crippen molar-refractivity contribution in [2.75, 3.05) is 24.3 Å². The van der Waals surface area contributed by atoms with Gasteiger partial charge in [-0.1, -0.05) is 42.5 Å². The molecule has 4 heterocycles. The first kappa shape index (κ1) is 26.8. The van der Waals surface area contributed by atoms with E-state index >= 15 is 0 Å². The lowest BCUT2D eigenvalue weighted by Crippen LogP contribution is -2.42. The molecule has 8 nitrogen and oxygen atoms in total. The minimum Gasteiger partial charge on any atom is -0.497 e. The van der Waals surface area contributed by atoms with Crippen molar-refractivity contribution >= 4 is 40.7 Å². The zero-order chi connectivity index (χ0) is 28.2. The van der Waals surface area contributed by atoms with E-state index in [-0.39, 0.29) is 29.4 Å². The molecule has 2 aromatic carbocycles. The highest BCUT2D eigenvalue weighted by molar-refractivity contribution is 8.00. The molecule has 0 radical (unpaired) electrons. The van der Waals surface area contributed by atoms with Gasteiger partial charge in [0, 0.05) is 34.9 Å². The number of ether oxygens (including phenoxy) is 1. The number of methoxy groups -OCH3 is 1. The molecule has 0 saturated carbocycles. The molecule has 0 bridgehead atoms. The molecule has 0 saturated heterocycles. The number of carbonyl (C=O) groups excluding carboxylic acids is 2. The maximum atomic E-state index is 13.8. The predicted molar refractivity (Wildman–Crippen MR) is 163 cm³/mol. The van der Waals surface area contributed by atoms with Crippen LogP contribution in [0.5, 0.6) is 5.75 Å². The highest BCUT2D eigenvalue weighted by Crippen LogP contribution is 2.49. The Hall–Kier alpha value is -4.41. The number of fused-ring (bicyclic) bond motifs is 1. The van der Waals surface area contributed by atoms with Crippen molar-refractivity contribution in [1.82, 2.24) is 20.1 Å². The van der Waals surface area contributed by atoms with E-state index in [2.05, 4.69) is 16.4 Å². The number of anilines is 1. The summed E-state index contributed by atoms with van der Waals surface area (Å²) in [7, 11) is 1.62. The van der Waals surface area contributed by atoms with E-state index in [1.165, 1.54) is 0 Å². The van der Waals surface area contributed by atoms with Gasteiger partial charge in [-0.15, -0.1) is 23.1 Å². The lowest BCUT2D eigenvalue weighted by molar-refractivity contribution is -0.123. The van der Waals surface area contributed by atoms with Crippen LogP contribution in [0.3, 0.4) is 0 Å². The van der Waals surface area contributed by atoms with Gasteiger partial charge in [0.15, 0.2) is 0 Å². The fourth-order valence-corrected chi connectivity index (χ4v) is 6.98. The van der Waals surface area contributed by atoms with Crippen LogP contribution in [-0.4, -0.2) is 46.0 Å². The smallest absolute Gasteiger partial charge is 0.240 e. The second kappa shape index (κ2) is 12.0. The molecule has 0 spiro atoms. The number of rotatable bonds is 8. The average molecular weight is 582 g/mol. The van der Waals surface area contributed by atoms with Gasteiger partial charge in [0.1, 0.15) is 18.1 Å². The van der Waals surface area contributed by atoms with Gasteiger partial charge in [0.05, 0.1) is 29.5 Å². The predicted octanol–water partition coefficient (Wildman–Crippen LogP) is 5.49. The molecular formula is C31H27N5O3S2. The number of amides is 2. The zero-order valence-electron chi connectivity index (χ0n) is 22.3. The number of carbonyl (C=O) groups is 2. The Balaban J connectivity index is 1.49. The normalized spacial score (nSPS) is 14.8. The van der Waals surface area contributed by atoms with Crippen LogP contribution < -0.4 is 15.0 Å². The highest BCUT2D eigenvalue weighted by Gasteiger charge is 2.38. The minimum atomic E-state index is -0.267. The molecule has 0 aliphatic carbocycles. The van der Waals surface area contributed by atoms with Crippen LogP contribution in [0.25, 0.3) is 16.9 Å². The van der Waals surface area contributed by atoms with E-state index < -0.39 is 0 Å². The quantitative estimate of drug-likeness (QED) is 0.261. The number of benzene rings is 2. The first-order chi connectivity index (χ1) is 20.1. The second-order valence-corrected chi connectivity index (χ2v) is 11.5. The van der Waals surface area contributed by atoms with E-state index in [4.69, 9.17) is 9.84 Å². The summed E-state index contributed by atoms with van der Waals surface area (Å²) < 4.78 is 7.17. The van der Waals surface area contributed by atoms with Crippen molar-refractivity contribution in [3.05, 3.63) is 113 Å². The van der Waals surface area contributed by atoms with Gasteiger partial charge in [0.2, 0.25) is 11.8 Å². The second-order valence-electron chi connectivity index (χ2n) is 9.39. The first-order valence-corrected chi connectivity index (χ1v) is 15.0. The van der Waals surface area contributed by atoms with Crippen molar-refractivity contribution < 1.29 is 14.3 Å². The zero-order valence-corrected chi connectivity index (χ0v) is 23.9. The average Bonchev–Trinajstić information content (AvgIpc) is 3.67. The Labute approximate surface area is 246 Å². The van der Waals surface area contributed by atoms with Crippen LogP contribution in [0.15, 0.2) is 96.6 Å². The molecule has 5 aromatic rings. The van der Waals surface area contributed by atoms with Gasteiger partial charge in [-0.25, -0.2) is 4.68 Å². The molecule has 10 heteroatoms. The van der Waals surface area contributed by atoms with Crippen LogP contribution >= 0.6 is 23.1 Å². The van der Waals surface area contributed by atoms with Gasteiger partial charge in [-0.05, 0) is 47.3 Å². The van der Waals surface area contributed by atoms with Crippen LogP contribution in [0.2, 0.25) is 0 Å². The number of thiophene rings is 1. The monoisotopic (exact) mass is 581 g/mol. The number of thioether (sulfide) groups is 1. The van der Waals surface area contributed by atoms with Gasteiger partial charge in [-0.2, -0.15) is 5.10 Å². The molecule has 6 rings (SSSR count). The van der Waals surface area contributed by atoms with Gasteiger partial charge < -0.3 is 10.1 Å². The molecule has 0 fully saturated rings. The molecule has 1 aliphatic rings. The third-order valence-electron chi connectivity index (χ3n) is 6.77. The third-order valence-corrected chi connectivity index (χ3v) is 9.09. The fraction of sp³-hybridized carbons (Fsp3) is 0.161. The largest absolute Gasteiger partial charge is 0.497 e. The summed E-state index contributed by atoms with van der Waals surface area (Å²) in [6, 6.07) is 25.3. The fourth-order valence-electron chi connectivity index (χ4n) is 4.80. The van der Waals surface area contributed by atoms with Crippen molar-refractivity contribution in [1.29, 1.82) is 0 Å². The van der Waals surface area contributed by atoms with E-state index in [0.29, 0.717) is 18.1 Å². The first-order valence-electron chi connectivity index (χ1n) is 13.1. The summed E-state index contributed by atoms with van der Waals surface area (Å²) in [5, 5.41) is 9.96. The Morgan fingerprint density at radius 2 is 1.88 bits per heavy atom. The van der Waals surface area contributed by atoms with E-state index in [1.807, 2.05) is 78.2 Å². The van der Waals surface area contributed by atoms with Crippen molar-refractivity contribution in [2.24, 2.45) is 0 Å². The summed E-state index contributed by atoms with van der Waals surface area (Å²) in [5.74, 6) is 1.12. The molecule has 1 unspecified atom stereocenters. The minimum absolute atomic E-state index is 0.139. The maximum absolute atomic E-state index is 13.8. The Bertz CT molecular complexity index is 1640. The number of nitrogens with one attached hydrogen (secondary N) is 1. The molecule has 1 atom stereocenters. The Kier molecular flexibility index (Phi) is 7.84. The van der Waals surface area contributed by atoms with Gasteiger partial charge in [0.25, 0.3) is 0 Å². The van der Waals surface area contributed by atoms with E-state index in [9.17, 15) is 9.59 Å². The number of aromatic nitrogens is 3. The molecule has 1 N–H and O–H groups in total. The van der Waals surface area contributed by atoms with E-state index in [0.717, 1.165) is 32.9 Å². The number of hydrogen-bond donors (Lipinski definition) is 1. The maximum Gasteiger partial charge on any atom is 0.240 e. The highest BCUT2D eigenvalue weighted by atomic mass is 32.2. The Morgan fingerprint density at radius 1 is 1.05 bits per heavy atom. The third kappa shape index (κ3) is 5.61. The lowest BCUT2D eigenvalue weighted by atomic mass is 10.0. The molecular weight excluding hydrogens is 555 g/mol. The number of nitrogens with zero attached hydrogens (tertiary/aromatic N) is 4. The van der Waals surface area contributed by atoms with Gasteiger partial charge in [-0.3, -0.25) is 19.5 Å². The number of hydrogen-bond acceptors (Lipinski definition) is 7. The van der Waals surface area contributed by atoms with Crippen LogP contribution in [0, 0.1) is 0 Å². The Morgan fingerprint density at radius 3 is 2.59 bits per heavy atom. The molecule has 41 heavy (non-hydrogen) atoms. The summed E-state index contributed by atoms with van der Waals surface area (Å²) in [4.78, 5) is 33.9. The number of pyridine rings is 1. The standard InChI is InChI=1S/C31H27N5O3S2/c1-39-24-13-11-23(12-14-24)36-31-28(29(34-36)22-8-3-2-4-9-22)30(25-10-6-16-40-25)41-20-27(38)35(31)19-26(37)33-18-21-7-5-15-32-17-21/h2-17,30H,18-20H2,1H3,(H,33,37). The molecule has 2 amide bonds. The SMILES string of the molecule is COc1ccc(-n2nc(-c3ccccc3)c3c2N(CC(=O)NCc2cccnc2)C(=O)CSC3c2cccs2)cc1. The molecule has 3 aromatic heterocycles. The van der Waals surface area contributed by atoms with Crippen LogP contribution in [-0.2, 0) is 16.1 Å². The van der Waals surface area contributed by atoms with E-state index in [1.54, 1.807) is 52.2 Å². The molecule has 206 valence electrons. The van der Waals surface area contributed by atoms with Crippen molar-refractivity contribution in [3.8, 4) is 22.7 Å². The molecule has 1 aliphatic heterocycles. The summed E-state index contributed by atoms with van der Waals surface area (Å²) in [6.07, 6.45) is 3.40. The van der Waals surface area contributed by atoms with Crippen LogP contribution in [0.1, 0.15) is 21.3 Å². The summed E-state index contributed by atoms with van der Waals surface area (Å²) in [6.45, 7) is 0.182.